The van der Waals surface area contributed by atoms with Gasteiger partial charge >= 0.3 is 0 Å². The third kappa shape index (κ3) is 3.27. The molecule has 1 fully saturated rings. The Morgan fingerprint density at radius 3 is 2.33 bits per heavy atom. The Balaban J connectivity index is 1.92. The van der Waals surface area contributed by atoms with Crippen molar-refractivity contribution in [1.29, 1.82) is 0 Å². The van der Waals surface area contributed by atoms with E-state index in [0.29, 0.717) is 17.3 Å². The van der Waals surface area contributed by atoms with Crippen molar-refractivity contribution in [2.24, 2.45) is 0 Å². The van der Waals surface area contributed by atoms with Gasteiger partial charge in [0.2, 0.25) is 10.0 Å². The third-order valence-corrected chi connectivity index (χ3v) is 7.18. The summed E-state index contributed by atoms with van der Waals surface area (Å²) in [5.74, 6) is 0.661. The van der Waals surface area contributed by atoms with Gasteiger partial charge in [0, 0.05) is 29.5 Å². The second-order valence-corrected chi connectivity index (χ2v) is 8.66. The molecule has 1 atom stereocenters. The predicted molar refractivity (Wildman–Crippen MR) is 93.6 cm³/mol. The first-order valence-corrected chi connectivity index (χ1v) is 9.89. The molecule has 0 radical (unpaired) electrons. The standard InChI is InChI=1S/C15H13ClN2O4S2/c16-12-3-7-14(8-4-12)24(21,22)17-9-10-23-15(17)11-1-5-13(6-2-11)18(19)20/h1-8,15H,9-10H2/t15-/m1/s1. The molecule has 0 spiro atoms. The molecule has 0 aliphatic carbocycles. The minimum atomic E-state index is -3.66. The van der Waals surface area contributed by atoms with Crippen LogP contribution in [-0.4, -0.2) is 29.9 Å². The Bertz CT molecular complexity index is 854. The number of halogens is 1. The molecule has 9 heteroatoms. The molecule has 1 aliphatic heterocycles. The van der Waals surface area contributed by atoms with Crippen molar-refractivity contribution in [2.45, 2.75) is 10.3 Å². The molecule has 1 saturated heterocycles. The van der Waals surface area contributed by atoms with E-state index in [4.69, 9.17) is 11.6 Å². The summed E-state index contributed by atoms with van der Waals surface area (Å²) in [6, 6.07) is 12.0. The lowest BCUT2D eigenvalue weighted by molar-refractivity contribution is -0.384. The van der Waals surface area contributed by atoms with Crippen LogP contribution in [0.5, 0.6) is 0 Å². The summed E-state index contributed by atoms with van der Waals surface area (Å²) < 4.78 is 27.2. The average Bonchev–Trinajstić information content (AvgIpc) is 3.06. The van der Waals surface area contributed by atoms with Gasteiger partial charge in [0.15, 0.2) is 0 Å². The molecule has 0 saturated carbocycles. The number of nitro benzene ring substituents is 1. The zero-order valence-corrected chi connectivity index (χ0v) is 14.7. The Hall–Kier alpha value is -1.61. The second-order valence-electron chi connectivity index (χ2n) is 5.14. The molecule has 1 aliphatic rings. The van der Waals surface area contributed by atoms with Crippen LogP contribution >= 0.6 is 23.4 Å². The zero-order valence-electron chi connectivity index (χ0n) is 12.3. The van der Waals surface area contributed by atoms with Crippen molar-refractivity contribution in [3.05, 3.63) is 69.2 Å². The van der Waals surface area contributed by atoms with Crippen LogP contribution in [0.3, 0.4) is 0 Å². The van der Waals surface area contributed by atoms with Crippen LogP contribution in [-0.2, 0) is 10.0 Å². The molecule has 0 N–H and O–H groups in total. The van der Waals surface area contributed by atoms with Crippen LogP contribution in [0.2, 0.25) is 5.02 Å². The van der Waals surface area contributed by atoms with Gasteiger partial charge in [-0.15, -0.1) is 11.8 Å². The van der Waals surface area contributed by atoms with Crippen molar-refractivity contribution < 1.29 is 13.3 Å². The van der Waals surface area contributed by atoms with E-state index < -0.39 is 20.3 Å². The number of rotatable bonds is 4. The highest BCUT2D eigenvalue weighted by molar-refractivity contribution is 8.01. The summed E-state index contributed by atoms with van der Waals surface area (Å²) >= 11 is 7.31. The van der Waals surface area contributed by atoms with Crippen LogP contribution in [0.1, 0.15) is 10.9 Å². The fraction of sp³-hybridized carbons (Fsp3) is 0.200. The molecule has 6 nitrogen and oxygen atoms in total. The van der Waals surface area contributed by atoms with Crippen LogP contribution in [0.25, 0.3) is 0 Å². The third-order valence-electron chi connectivity index (χ3n) is 3.66. The van der Waals surface area contributed by atoms with E-state index in [1.807, 2.05) is 0 Å². The maximum Gasteiger partial charge on any atom is 0.269 e. The van der Waals surface area contributed by atoms with Gasteiger partial charge in [0.25, 0.3) is 5.69 Å². The number of hydrogen-bond donors (Lipinski definition) is 0. The molecule has 3 rings (SSSR count). The summed E-state index contributed by atoms with van der Waals surface area (Å²) in [6.45, 7) is 0.386. The van der Waals surface area contributed by atoms with Crippen molar-refractivity contribution >= 4 is 39.1 Å². The lowest BCUT2D eigenvalue weighted by Crippen LogP contribution is -2.30. The highest BCUT2D eigenvalue weighted by atomic mass is 35.5. The number of hydrogen-bond acceptors (Lipinski definition) is 5. The fourth-order valence-electron chi connectivity index (χ4n) is 2.47. The van der Waals surface area contributed by atoms with E-state index in [1.54, 1.807) is 24.3 Å². The SMILES string of the molecule is O=[N+]([O-])c1ccc([C@H]2SCCN2S(=O)(=O)c2ccc(Cl)cc2)cc1. The molecular formula is C15H13ClN2O4S2. The fourth-order valence-corrected chi connectivity index (χ4v) is 5.83. The van der Waals surface area contributed by atoms with Gasteiger partial charge in [-0.25, -0.2) is 8.42 Å². The van der Waals surface area contributed by atoms with Crippen molar-refractivity contribution in [1.82, 2.24) is 4.31 Å². The van der Waals surface area contributed by atoms with E-state index in [1.165, 1.54) is 40.3 Å². The molecule has 0 aromatic heterocycles. The van der Waals surface area contributed by atoms with Crippen LogP contribution in [0.4, 0.5) is 5.69 Å². The molecule has 1 heterocycles. The number of nitro groups is 1. The van der Waals surface area contributed by atoms with Gasteiger partial charge < -0.3 is 0 Å². The summed E-state index contributed by atoms with van der Waals surface area (Å²) in [7, 11) is -3.66. The largest absolute Gasteiger partial charge is 0.269 e. The monoisotopic (exact) mass is 384 g/mol. The van der Waals surface area contributed by atoms with Crippen LogP contribution in [0.15, 0.2) is 53.4 Å². The van der Waals surface area contributed by atoms with E-state index in [2.05, 4.69) is 0 Å². The molecule has 24 heavy (non-hydrogen) atoms. The first-order valence-electron chi connectivity index (χ1n) is 7.03. The van der Waals surface area contributed by atoms with Gasteiger partial charge in [0.05, 0.1) is 15.2 Å². The van der Waals surface area contributed by atoms with E-state index in [-0.39, 0.29) is 10.6 Å². The van der Waals surface area contributed by atoms with E-state index in [0.717, 1.165) is 5.56 Å². The number of thioether (sulfide) groups is 1. The van der Waals surface area contributed by atoms with Gasteiger partial charge in [-0.1, -0.05) is 11.6 Å². The number of non-ortho nitro benzene ring substituents is 1. The quantitative estimate of drug-likeness (QED) is 0.593. The minimum Gasteiger partial charge on any atom is -0.258 e. The molecule has 2 aromatic carbocycles. The van der Waals surface area contributed by atoms with Gasteiger partial charge in [-0.3, -0.25) is 10.1 Å². The van der Waals surface area contributed by atoms with Crippen LogP contribution in [0, 0.1) is 10.1 Å². The smallest absolute Gasteiger partial charge is 0.258 e. The second kappa shape index (κ2) is 6.72. The van der Waals surface area contributed by atoms with E-state index in [9.17, 15) is 18.5 Å². The van der Waals surface area contributed by atoms with Crippen LogP contribution < -0.4 is 0 Å². The Morgan fingerprint density at radius 1 is 1.12 bits per heavy atom. The maximum absolute atomic E-state index is 12.9. The van der Waals surface area contributed by atoms with Crippen molar-refractivity contribution in [2.75, 3.05) is 12.3 Å². The summed E-state index contributed by atoms with van der Waals surface area (Å²) in [5, 5.41) is 10.8. The lowest BCUT2D eigenvalue weighted by atomic mass is 10.2. The van der Waals surface area contributed by atoms with Gasteiger partial charge in [-0.05, 0) is 42.0 Å². The topological polar surface area (TPSA) is 80.5 Å². The highest BCUT2D eigenvalue weighted by Gasteiger charge is 2.36. The maximum atomic E-state index is 12.9. The van der Waals surface area contributed by atoms with Crippen molar-refractivity contribution in [3.63, 3.8) is 0 Å². The summed E-state index contributed by atoms with van der Waals surface area (Å²) in [4.78, 5) is 10.5. The Kier molecular flexibility index (Phi) is 4.82. The summed E-state index contributed by atoms with van der Waals surface area (Å²) in [6.07, 6.45) is 0. The molecule has 0 amide bonds. The first-order chi connectivity index (χ1) is 11.4. The number of nitrogens with zero attached hydrogens (tertiary/aromatic N) is 2. The van der Waals surface area contributed by atoms with Crippen molar-refractivity contribution in [3.8, 4) is 0 Å². The number of sulfonamides is 1. The molecule has 2 aromatic rings. The first kappa shape index (κ1) is 17.2. The Morgan fingerprint density at radius 2 is 1.75 bits per heavy atom. The van der Waals surface area contributed by atoms with Gasteiger partial charge in [0.1, 0.15) is 0 Å². The molecule has 0 bridgehead atoms. The molecular weight excluding hydrogens is 372 g/mol. The Labute approximate surface area is 148 Å². The summed E-state index contributed by atoms with van der Waals surface area (Å²) in [5.41, 5.74) is 0.703. The number of benzene rings is 2. The zero-order chi connectivity index (χ0) is 17.3. The molecule has 0 unspecified atom stereocenters. The van der Waals surface area contributed by atoms with Gasteiger partial charge in [-0.2, -0.15) is 4.31 Å². The normalized spacial score (nSPS) is 18.6. The predicted octanol–water partition coefficient (Wildman–Crippen LogP) is 3.68. The van der Waals surface area contributed by atoms with E-state index >= 15 is 0 Å². The minimum absolute atomic E-state index is 0.0196. The molecule has 126 valence electrons. The highest BCUT2D eigenvalue weighted by Crippen LogP contribution is 2.41. The average molecular weight is 385 g/mol. The lowest BCUT2D eigenvalue weighted by Gasteiger charge is -2.23.